The Balaban J connectivity index is 1.63. The minimum atomic E-state index is -0.664. The summed E-state index contributed by atoms with van der Waals surface area (Å²) in [5, 5.41) is 26.4. The van der Waals surface area contributed by atoms with Crippen molar-refractivity contribution in [3.8, 4) is 17.1 Å². The van der Waals surface area contributed by atoms with Crippen LogP contribution < -0.4 is 5.01 Å². The van der Waals surface area contributed by atoms with E-state index in [2.05, 4.69) is 5.10 Å². The van der Waals surface area contributed by atoms with Gasteiger partial charge in [-0.25, -0.2) is 0 Å². The second kappa shape index (κ2) is 7.56. The number of aryl methyl sites for hydroxylation is 2. The number of nitro benzene ring substituents is 1. The number of phenols is 1. The van der Waals surface area contributed by atoms with Crippen LogP contribution in [-0.2, 0) is 4.79 Å². The number of rotatable bonds is 4. The van der Waals surface area contributed by atoms with Crippen LogP contribution >= 0.6 is 0 Å². The third-order valence-electron chi connectivity index (χ3n) is 5.17. The predicted molar refractivity (Wildman–Crippen MR) is 117 cm³/mol. The number of benzene rings is 2. The van der Waals surface area contributed by atoms with E-state index in [0.717, 1.165) is 11.1 Å². The number of hydrogen-bond donors (Lipinski definition) is 1. The highest BCUT2D eigenvalue weighted by molar-refractivity contribution is 6.32. The molecule has 4 rings (SSSR count). The van der Waals surface area contributed by atoms with Gasteiger partial charge in [-0.1, -0.05) is 6.07 Å². The van der Waals surface area contributed by atoms with Gasteiger partial charge in [0.2, 0.25) is 0 Å². The number of amides is 1. The summed E-state index contributed by atoms with van der Waals surface area (Å²) in [6.07, 6.45) is 1.60. The third-order valence-corrected chi connectivity index (χ3v) is 5.17. The number of hydrogen-bond acceptors (Lipinski definition) is 6. The fourth-order valence-corrected chi connectivity index (χ4v) is 3.27. The van der Waals surface area contributed by atoms with Gasteiger partial charge >= 0.3 is 5.69 Å². The molecule has 0 unspecified atom stereocenters. The molecule has 1 aromatic heterocycles. The lowest BCUT2D eigenvalue weighted by Gasteiger charge is -2.13. The average Bonchev–Trinajstić information content (AvgIpc) is 3.30. The molecule has 0 saturated carbocycles. The Labute approximate surface area is 177 Å². The van der Waals surface area contributed by atoms with E-state index < -0.39 is 16.4 Å². The van der Waals surface area contributed by atoms with Crippen molar-refractivity contribution in [1.82, 2.24) is 0 Å². The molecule has 8 heteroatoms. The number of phenolic OH excluding ortho intramolecular Hbond substituents is 1. The first-order valence-corrected chi connectivity index (χ1v) is 9.51. The molecule has 0 atom stereocenters. The zero-order chi connectivity index (χ0) is 22.3. The summed E-state index contributed by atoms with van der Waals surface area (Å²) >= 11 is 0. The van der Waals surface area contributed by atoms with Crippen LogP contribution in [-0.4, -0.2) is 21.6 Å². The first kappa shape index (κ1) is 20.1. The number of anilines is 1. The Kier molecular flexibility index (Phi) is 4.90. The van der Waals surface area contributed by atoms with Crippen molar-refractivity contribution < 1.29 is 19.2 Å². The van der Waals surface area contributed by atoms with Crippen LogP contribution in [0.15, 0.2) is 63.6 Å². The largest absolute Gasteiger partial charge is 0.502 e. The lowest BCUT2D eigenvalue weighted by Crippen LogP contribution is -2.21. The molecule has 0 spiro atoms. The van der Waals surface area contributed by atoms with Gasteiger partial charge in [-0.3, -0.25) is 14.9 Å². The van der Waals surface area contributed by atoms with Crippen LogP contribution in [0.25, 0.3) is 17.4 Å². The maximum atomic E-state index is 12.9. The van der Waals surface area contributed by atoms with E-state index in [0.29, 0.717) is 34.1 Å². The second-order valence-electron chi connectivity index (χ2n) is 7.29. The van der Waals surface area contributed by atoms with Gasteiger partial charge in [-0.05, 0) is 74.4 Å². The summed E-state index contributed by atoms with van der Waals surface area (Å²) in [6.45, 7) is 5.73. The van der Waals surface area contributed by atoms with Gasteiger partial charge in [0, 0.05) is 11.6 Å². The Morgan fingerprint density at radius 2 is 1.84 bits per heavy atom. The normalized spacial score (nSPS) is 14.9. The van der Waals surface area contributed by atoms with Gasteiger partial charge in [-0.15, -0.1) is 0 Å². The second-order valence-corrected chi connectivity index (χ2v) is 7.29. The van der Waals surface area contributed by atoms with Crippen LogP contribution in [0.3, 0.4) is 0 Å². The molecule has 3 aromatic rings. The Bertz CT molecular complexity index is 1290. The van der Waals surface area contributed by atoms with Gasteiger partial charge in [-0.2, -0.15) is 10.1 Å². The quantitative estimate of drug-likeness (QED) is 0.366. The molecule has 31 heavy (non-hydrogen) atoms. The fourth-order valence-electron chi connectivity index (χ4n) is 3.27. The number of carbonyl (C=O) groups is 1. The van der Waals surface area contributed by atoms with Crippen LogP contribution in [0.1, 0.15) is 23.8 Å². The number of furan rings is 1. The average molecular weight is 417 g/mol. The molecule has 0 aliphatic carbocycles. The SMILES string of the molecule is CC1=NN(c2ccc(C)c(C)c2)C(=O)/C1=C/c1ccc(-c2ccc(O)c([N+](=O)[O-])c2)o1. The number of nitrogens with zero attached hydrogens (tertiary/aromatic N) is 3. The van der Waals surface area contributed by atoms with Gasteiger partial charge in [0.05, 0.1) is 21.9 Å². The van der Waals surface area contributed by atoms with Crippen LogP contribution in [0.5, 0.6) is 5.75 Å². The van der Waals surface area contributed by atoms with E-state index in [1.54, 1.807) is 25.1 Å². The lowest BCUT2D eigenvalue weighted by atomic mass is 10.1. The van der Waals surface area contributed by atoms with E-state index in [9.17, 15) is 20.0 Å². The number of aromatic hydroxyl groups is 1. The van der Waals surface area contributed by atoms with E-state index in [1.165, 1.54) is 23.2 Å². The van der Waals surface area contributed by atoms with E-state index >= 15 is 0 Å². The topological polar surface area (TPSA) is 109 Å². The predicted octanol–water partition coefficient (Wildman–Crippen LogP) is 4.98. The maximum Gasteiger partial charge on any atom is 0.311 e. The van der Waals surface area contributed by atoms with Crippen LogP contribution in [0, 0.1) is 24.0 Å². The van der Waals surface area contributed by atoms with E-state index in [1.807, 2.05) is 32.0 Å². The van der Waals surface area contributed by atoms with Crippen molar-refractivity contribution in [2.24, 2.45) is 5.10 Å². The minimum Gasteiger partial charge on any atom is -0.502 e. The maximum absolute atomic E-state index is 12.9. The molecular formula is C23H19N3O5. The van der Waals surface area contributed by atoms with Gasteiger partial charge in [0.1, 0.15) is 11.5 Å². The smallest absolute Gasteiger partial charge is 0.311 e. The van der Waals surface area contributed by atoms with E-state index in [4.69, 9.17) is 4.42 Å². The molecule has 8 nitrogen and oxygen atoms in total. The summed E-state index contributed by atoms with van der Waals surface area (Å²) in [5.41, 5.74) is 3.86. The monoisotopic (exact) mass is 417 g/mol. The first-order chi connectivity index (χ1) is 14.7. The zero-order valence-electron chi connectivity index (χ0n) is 17.1. The highest BCUT2D eigenvalue weighted by Gasteiger charge is 2.29. The summed E-state index contributed by atoms with van der Waals surface area (Å²) in [6, 6.07) is 13.0. The molecule has 0 radical (unpaired) electrons. The first-order valence-electron chi connectivity index (χ1n) is 9.51. The highest BCUT2D eigenvalue weighted by Crippen LogP contribution is 2.33. The van der Waals surface area contributed by atoms with Gasteiger partial charge in [0.15, 0.2) is 5.75 Å². The van der Waals surface area contributed by atoms with Crippen LogP contribution in [0.4, 0.5) is 11.4 Å². The molecule has 156 valence electrons. The third kappa shape index (κ3) is 3.71. The molecule has 1 aliphatic rings. The molecule has 0 fully saturated rings. The highest BCUT2D eigenvalue weighted by atomic mass is 16.6. The summed E-state index contributed by atoms with van der Waals surface area (Å²) in [4.78, 5) is 23.3. The van der Waals surface area contributed by atoms with Crippen molar-refractivity contribution in [3.05, 3.63) is 81.1 Å². The number of carbonyl (C=O) groups excluding carboxylic acids is 1. The fraction of sp³-hybridized carbons (Fsp3) is 0.130. The summed E-state index contributed by atoms with van der Waals surface area (Å²) in [5.74, 6) is 0.100. The van der Waals surface area contributed by atoms with Crippen molar-refractivity contribution >= 4 is 29.1 Å². The Morgan fingerprint density at radius 3 is 2.55 bits per heavy atom. The van der Waals surface area contributed by atoms with Crippen molar-refractivity contribution in [2.45, 2.75) is 20.8 Å². The Morgan fingerprint density at radius 1 is 1.06 bits per heavy atom. The van der Waals surface area contributed by atoms with E-state index in [-0.39, 0.29) is 5.91 Å². The molecule has 1 aliphatic heterocycles. The molecule has 2 heterocycles. The lowest BCUT2D eigenvalue weighted by molar-refractivity contribution is -0.385. The molecule has 1 amide bonds. The Hall–Kier alpha value is -4.20. The van der Waals surface area contributed by atoms with Crippen molar-refractivity contribution in [2.75, 3.05) is 5.01 Å². The van der Waals surface area contributed by atoms with Gasteiger partial charge < -0.3 is 9.52 Å². The molecule has 1 N–H and O–H groups in total. The zero-order valence-corrected chi connectivity index (χ0v) is 17.1. The number of nitro groups is 1. The summed E-state index contributed by atoms with van der Waals surface area (Å²) < 4.78 is 5.77. The van der Waals surface area contributed by atoms with Crippen molar-refractivity contribution in [1.29, 1.82) is 0 Å². The summed E-state index contributed by atoms with van der Waals surface area (Å²) in [7, 11) is 0. The van der Waals surface area contributed by atoms with Gasteiger partial charge in [0.25, 0.3) is 5.91 Å². The molecular weight excluding hydrogens is 398 g/mol. The minimum absolute atomic E-state index is 0.265. The standard InChI is InChI=1S/C23H19N3O5/c1-13-4-6-17(10-14(13)2)25-23(28)19(15(3)24-25)12-18-7-9-22(31-18)16-5-8-21(27)20(11-16)26(29)30/h4-12,27H,1-3H3/b19-12+. The molecule has 0 saturated heterocycles. The van der Waals surface area contributed by atoms with Crippen LogP contribution in [0.2, 0.25) is 0 Å². The molecule has 2 aromatic carbocycles. The number of hydrazone groups is 1. The van der Waals surface area contributed by atoms with Crippen molar-refractivity contribution in [3.63, 3.8) is 0 Å². The molecule has 0 bridgehead atoms.